The third-order valence-corrected chi connectivity index (χ3v) is 6.46. The molecule has 1 heterocycles. The number of carbonyl (C=O) groups is 2. The van der Waals surface area contributed by atoms with E-state index in [4.69, 9.17) is 4.74 Å². The van der Waals surface area contributed by atoms with Crippen molar-refractivity contribution < 1.29 is 14.3 Å². The van der Waals surface area contributed by atoms with E-state index in [2.05, 4.69) is 36.4 Å². The first kappa shape index (κ1) is 19.6. The SMILES string of the molecule is O=C1CSC(=O)N1Cc1ccc(OCCc2ccc3ccccc3c2)c2ccccc12. The lowest BCUT2D eigenvalue weighted by Gasteiger charge is -2.16. The zero-order chi connectivity index (χ0) is 21.2. The third kappa shape index (κ3) is 4.01. The van der Waals surface area contributed by atoms with Crippen LogP contribution in [-0.2, 0) is 17.8 Å². The summed E-state index contributed by atoms with van der Waals surface area (Å²) in [6, 6.07) is 26.7. The fourth-order valence-corrected chi connectivity index (χ4v) is 4.70. The van der Waals surface area contributed by atoms with E-state index in [1.54, 1.807) is 0 Å². The highest BCUT2D eigenvalue weighted by Crippen LogP contribution is 2.31. The first-order chi connectivity index (χ1) is 15.2. The Morgan fingerprint density at radius 1 is 0.839 bits per heavy atom. The van der Waals surface area contributed by atoms with Gasteiger partial charge in [-0.05, 0) is 33.4 Å². The number of benzene rings is 4. The van der Waals surface area contributed by atoms with Crippen LogP contribution >= 0.6 is 11.8 Å². The standard InChI is InChI=1S/C26H21NO3S/c28-25-17-31-26(29)27(25)16-21-11-12-24(23-8-4-3-7-22(21)23)30-14-13-18-9-10-19-5-1-2-6-20(19)15-18/h1-12,15H,13-14,16-17H2. The molecule has 1 saturated heterocycles. The monoisotopic (exact) mass is 427 g/mol. The average Bonchev–Trinajstić information content (AvgIpc) is 3.12. The number of hydrogen-bond acceptors (Lipinski definition) is 4. The van der Waals surface area contributed by atoms with Gasteiger partial charge in [-0.1, -0.05) is 84.6 Å². The van der Waals surface area contributed by atoms with Crippen molar-refractivity contribution in [3.63, 3.8) is 0 Å². The number of imide groups is 1. The minimum atomic E-state index is -0.176. The Hall–Kier alpha value is -3.31. The molecule has 1 aliphatic heterocycles. The molecule has 5 rings (SSSR count). The highest BCUT2D eigenvalue weighted by molar-refractivity contribution is 8.14. The maximum Gasteiger partial charge on any atom is 0.289 e. The van der Waals surface area contributed by atoms with Crippen LogP contribution in [0.3, 0.4) is 0 Å². The lowest BCUT2D eigenvalue weighted by molar-refractivity contribution is -0.124. The molecule has 0 spiro atoms. The summed E-state index contributed by atoms with van der Waals surface area (Å²) in [6.07, 6.45) is 0.814. The smallest absolute Gasteiger partial charge is 0.289 e. The van der Waals surface area contributed by atoms with Gasteiger partial charge in [0, 0.05) is 11.8 Å². The summed E-state index contributed by atoms with van der Waals surface area (Å²) in [5.41, 5.74) is 2.19. The van der Waals surface area contributed by atoms with Gasteiger partial charge in [0.2, 0.25) is 5.91 Å². The summed E-state index contributed by atoms with van der Waals surface area (Å²) >= 11 is 1.06. The number of thioether (sulfide) groups is 1. The van der Waals surface area contributed by atoms with Crippen molar-refractivity contribution in [2.24, 2.45) is 0 Å². The molecular weight excluding hydrogens is 406 g/mol. The molecule has 0 N–H and O–H groups in total. The van der Waals surface area contributed by atoms with Crippen LogP contribution in [0.25, 0.3) is 21.5 Å². The Labute approximate surface area is 184 Å². The molecule has 0 aliphatic carbocycles. The van der Waals surface area contributed by atoms with Crippen LogP contribution < -0.4 is 4.74 Å². The summed E-state index contributed by atoms with van der Waals surface area (Å²) in [6.45, 7) is 0.865. The van der Waals surface area contributed by atoms with Crippen LogP contribution in [0.15, 0.2) is 78.9 Å². The second-order valence-corrected chi connectivity index (χ2v) is 8.51. The Morgan fingerprint density at radius 2 is 1.61 bits per heavy atom. The Balaban J connectivity index is 1.34. The lowest BCUT2D eigenvalue weighted by atomic mass is 10.0. The largest absolute Gasteiger partial charge is 0.493 e. The first-order valence-corrected chi connectivity index (χ1v) is 11.3. The summed E-state index contributed by atoms with van der Waals surface area (Å²) in [5, 5.41) is 4.29. The number of hydrogen-bond donors (Lipinski definition) is 0. The van der Waals surface area contributed by atoms with Crippen LogP contribution in [0.5, 0.6) is 5.75 Å². The van der Waals surface area contributed by atoms with Crippen molar-refractivity contribution in [3.05, 3.63) is 90.0 Å². The molecule has 31 heavy (non-hydrogen) atoms. The van der Waals surface area contributed by atoms with Gasteiger partial charge in [-0.15, -0.1) is 0 Å². The fraction of sp³-hybridized carbons (Fsp3) is 0.154. The van der Waals surface area contributed by atoms with Gasteiger partial charge in [-0.25, -0.2) is 0 Å². The molecule has 0 aromatic heterocycles. The zero-order valence-corrected chi connectivity index (χ0v) is 17.7. The van der Waals surface area contributed by atoms with E-state index >= 15 is 0 Å². The summed E-state index contributed by atoms with van der Waals surface area (Å²) in [5.74, 6) is 0.913. The van der Waals surface area contributed by atoms with Gasteiger partial charge in [0.25, 0.3) is 5.24 Å². The predicted molar refractivity (Wildman–Crippen MR) is 125 cm³/mol. The Bertz CT molecular complexity index is 1280. The second kappa shape index (κ2) is 8.44. The second-order valence-electron chi connectivity index (χ2n) is 7.58. The summed E-state index contributed by atoms with van der Waals surface area (Å²) in [4.78, 5) is 25.3. The van der Waals surface area contributed by atoms with E-state index in [1.165, 1.54) is 21.2 Å². The van der Waals surface area contributed by atoms with E-state index in [0.717, 1.165) is 40.3 Å². The van der Waals surface area contributed by atoms with Crippen molar-refractivity contribution in [3.8, 4) is 5.75 Å². The van der Waals surface area contributed by atoms with Crippen LogP contribution in [0, 0.1) is 0 Å². The molecule has 0 radical (unpaired) electrons. The molecule has 0 atom stereocenters. The van der Waals surface area contributed by atoms with Gasteiger partial charge >= 0.3 is 0 Å². The molecule has 0 bridgehead atoms. The van der Waals surface area contributed by atoms with Crippen molar-refractivity contribution in [2.75, 3.05) is 12.4 Å². The van der Waals surface area contributed by atoms with Crippen molar-refractivity contribution >= 4 is 44.5 Å². The van der Waals surface area contributed by atoms with Crippen LogP contribution in [0.2, 0.25) is 0 Å². The van der Waals surface area contributed by atoms with E-state index < -0.39 is 0 Å². The molecule has 1 fully saturated rings. The van der Waals surface area contributed by atoms with Crippen molar-refractivity contribution in [2.45, 2.75) is 13.0 Å². The highest BCUT2D eigenvalue weighted by atomic mass is 32.2. The maximum absolute atomic E-state index is 12.0. The zero-order valence-electron chi connectivity index (χ0n) is 16.9. The van der Waals surface area contributed by atoms with E-state index in [9.17, 15) is 9.59 Å². The fourth-order valence-electron chi connectivity index (χ4n) is 3.97. The first-order valence-electron chi connectivity index (χ1n) is 10.3. The van der Waals surface area contributed by atoms with E-state index in [0.29, 0.717) is 13.2 Å². The lowest BCUT2D eigenvalue weighted by Crippen LogP contribution is -2.28. The van der Waals surface area contributed by atoms with E-state index in [-0.39, 0.29) is 16.9 Å². The molecular formula is C26H21NO3S. The number of fused-ring (bicyclic) bond motifs is 2. The van der Waals surface area contributed by atoms with Crippen LogP contribution in [0.1, 0.15) is 11.1 Å². The number of amides is 2. The van der Waals surface area contributed by atoms with Crippen LogP contribution in [0.4, 0.5) is 4.79 Å². The maximum atomic E-state index is 12.0. The third-order valence-electron chi connectivity index (χ3n) is 5.61. The molecule has 0 saturated carbocycles. The topological polar surface area (TPSA) is 46.6 Å². The van der Waals surface area contributed by atoms with Gasteiger partial charge in [0.05, 0.1) is 18.9 Å². The number of ether oxygens (including phenoxy) is 1. The Morgan fingerprint density at radius 3 is 2.42 bits per heavy atom. The molecule has 4 aromatic carbocycles. The molecule has 4 aromatic rings. The molecule has 0 unspecified atom stereocenters. The van der Waals surface area contributed by atoms with E-state index in [1.807, 2.05) is 42.5 Å². The van der Waals surface area contributed by atoms with Crippen LogP contribution in [-0.4, -0.2) is 28.4 Å². The van der Waals surface area contributed by atoms with Gasteiger partial charge < -0.3 is 4.74 Å². The quantitative estimate of drug-likeness (QED) is 0.390. The van der Waals surface area contributed by atoms with Crippen molar-refractivity contribution in [1.29, 1.82) is 0 Å². The molecule has 154 valence electrons. The summed E-state index contributed by atoms with van der Waals surface area (Å²) < 4.78 is 6.15. The number of nitrogens with zero attached hydrogens (tertiary/aromatic N) is 1. The Kier molecular flexibility index (Phi) is 5.35. The minimum absolute atomic E-state index is 0.130. The molecule has 2 amide bonds. The average molecular weight is 428 g/mol. The molecule has 4 nitrogen and oxygen atoms in total. The molecule has 5 heteroatoms. The van der Waals surface area contributed by atoms with Gasteiger partial charge in [-0.3, -0.25) is 14.5 Å². The van der Waals surface area contributed by atoms with Crippen molar-refractivity contribution in [1.82, 2.24) is 4.90 Å². The van der Waals surface area contributed by atoms with Gasteiger partial charge in [-0.2, -0.15) is 0 Å². The highest BCUT2D eigenvalue weighted by Gasteiger charge is 2.30. The normalized spacial score (nSPS) is 14.0. The minimum Gasteiger partial charge on any atom is -0.493 e. The molecule has 1 aliphatic rings. The van der Waals surface area contributed by atoms with Gasteiger partial charge in [0.15, 0.2) is 0 Å². The predicted octanol–water partition coefficient (Wildman–Crippen LogP) is 5.81. The number of carbonyl (C=O) groups excluding carboxylic acids is 2. The summed E-state index contributed by atoms with van der Waals surface area (Å²) in [7, 11) is 0. The van der Waals surface area contributed by atoms with Gasteiger partial charge in [0.1, 0.15) is 5.75 Å². The number of rotatable bonds is 6.